The molecule has 0 rings (SSSR count). The summed E-state index contributed by atoms with van der Waals surface area (Å²) in [6, 6.07) is 0. The highest BCUT2D eigenvalue weighted by Crippen LogP contribution is 2.11. The van der Waals surface area contributed by atoms with Crippen LogP contribution in [0.1, 0.15) is 129 Å². The van der Waals surface area contributed by atoms with Gasteiger partial charge in [-0.2, -0.15) is 0 Å². The second-order valence-electron chi connectivity index (χ2n) is 9.12. The number of esters is 1. The third-order valence-corrected chi connectivity index (χ3v) is 5.78. The highest BCUT2D eigenvalue weighted by molar-refractivity contribution is 5.69. The molecule has 0 bridgehead atoms. The van der Waals surface area contributed by atoms with Crippen LogP contribution in [0.5, 0.6) is 0 Å². The normalized spacial score (nSPS) is 12.7. The first-order valence-corrected chi connectivity index (χ1v) is 13.9. The fraction of sp³-hybridized carbons (Fsp3) is 0.828. The molecule has 0 aliphatic heterocycles. The van der Waals surface area contributed by atoms with Crippen molar-refractivity contribution in [2.75, 3.05) is 19.8 Å². The quantitative estimate of drug-likeness (QED) is 0.0839. The molecule has 0 saturated carbocycles. The van der Waals surface area contributed by atoms with E-state index < -0.39 is 6.10 Å². The van der Waals surface area contributed by atoms with Crippen LogP contribution in [0.4, 0.5) is 0 Å². The fourth-order valence-electron chi connectivity index (χ4n) is 3.63. The van der Waals surface area contributed by atoms with Gasteiger partial charge in [0.25, 0.3) is 0 Å². The predicted molar refractivity (Wildman–Crippen MR) is 141 cm³/mol. The van der Waals surface area contributed by atoms with Gasteiger partial charge in [0.2, 0.25) is 0 Å². The number of aliphatic hydroxyl groups excluding tert-OH is 1. The lowest BCUT2D eigenvalue weighted by Crippen LogP contribution is -2.27. The SMILES string of the molecule is CCCCCC/C=C\C/C=C\CCCCCCCCCCOCC(CO)OC(=O)CCCC. The van der Waals surface area contributed by atoms with Gasteiger partial charge in [-0.05, 0) is 44.9 Å². The second kappa shape index (κ2) is 27.1. The van der Waals surface area contributed by atoms with E-state index >= 15 is 0 Å². The van der Waals surface area contributed by atoms with Crippen molar-refractivity contribution in [3.63, 3.8) is 0 Å². The van der Waals surface area contributed by atoms with Crippen LogP contribution in [0.2, 0.25) is 0 Å². The zero-order valence-corrected chi connectivity index (χ0v) is 21.9. The third-order valence-electron chi connectivity index (χ3n) is 5.78. The largest absolute Gasteiger partial charge is 0.457 e. The standard InChI is InChI=1S/C29H54O4/c1-3-5-7-8-9-10-11-12-13-14-15-16-17-18-19-20-21-22-23-25-32-27-28(26-30)33-29(31)24-6-4-2/h10-11,13-14,28,30H,3-9,12,15-27H2,1-2H3/b11-10-,14-13-. The van der Waals surface area contributed by atoms with Gasteiger partial charge in [-0.15, -0.1) is 0 Å². The highest BCUT2D eigenvalue weighted by Gasteiger charge is 2.13. The molecule has 0 aromatic heterocycles. The van der Waals surface area contributed by atoms with Crippen LogP contribution in [-0.2, 0) is 14.3 Å². The van der Waals surface area contributed by atoms with Crippen molar-refractivity contribution in [1.29, 1.82) is 0 Å². The van der Waals surface area contributed by atoms with Crippen LogP contribution < -0.4 is 0 Å². The maximum Gasteiger partial charge on any atom is 0.306 e. The monoisotopic (exact) mass is 466 g/mol. The average molecular weight is 467 g/mol. The molecular formula is C29H54O4. The summed E-state index contributed by atoms with van der Waals surface area (Å²) in [5, 5.41) is 9.30. The zero-order valence-electron chi connectivity index (χ0n) is 21.9. The topological polar surface area (TPSA) is 55.8 Å². The van der Waals surface area contributed by atoms with Crippen molar-refractivity contribution in [3.8, 4) is 0 Å². The summed E-state index contributed by atoms with van der Waals surface area (Å²) in [7, 11) is 0. The Balaban J connectivity index is 3.34. The molecule has 0 aliphatic carbocycles. The molecule has 33 heavy (non-hydrogen) atoms. The van der Waals surface area contributed by atoms with Crippen molar-refractivity contribution < 1.29 is 19.4 Å². The van der Waals surface area contributed by atoms with E-state index in [0.717, 1.165) is 25.7 Å². The van der Waals surface area contributed by atoms with Crippen LogP contribution >= 0.6 is 0 Å². The predicted octanol–water partition coefficient (Wildman–Crippen LogP) is 8.08. The molecule has 4 nitrogen and oxygen atoms in total. The fourth-order valence-corrected chi connectivity index (χ4v) is 3.63. The molecular weight excluding hydrogens is 412 g/mol. The van der Waals surface area contributed by atoms with Gasteiger partial charge < -0.3 is 14.6 Å². The van der Waals surface area contributed by atoms with Crippen molar-refractivity contribution in [3.05, 3.63) is 24.3 Å². The minimum atomic E-state index is -0.527. The van der Waals surface area contributed by atoms with E-state index in [1.54, 1.807) is 0 Å². The Kier molecular flexibility index (Phi) is 26.2. The summed E-state index contributed by atoms with van der Waals surface area (Å²) < 4.78 is 10.8. The van der Waals surface area contributed by atoms with Crippen LogP contribution in [0.3, 0.4) is 0 Å². The molecule has 0 fully saturated rings. The average Bonchev–Trinajstić information content (AvgIpc) is 2.82. The van der Waals surface area contributed by atoms with E-state index in [4.69, 9.17) is 9.47 Å². The Hall–Kier alpha value is -1.13. The lowest BCUT2D eigenvalue weighted by molar-refractivity contribution is -0.154. The van der Waals surface area contributed by atoms with Crippen molar-refractivity contribution in [2.45, 2.75) is 136 Å². The number of carbonyl (C=O) groups excluding carboxylic acids is 1. The molecule has 0 aromatic rings. The molecule has 0 aliphatic rings. The van der Waals surface area contributed by atoms with E-state index in [0.29, 0.717) is 13.0 Å². The van der Waals surface area contributed by atoms with Gasteiger partial charge >= 0.3 is 5.97 Å². The molecule has 0 heterocycles. The molecule has 1 atom stereocenters. The van der Waals surface area contributed by atoms with Gasteiger partial charge in [0.15, 0.2) is 0 Å². The van der Waals surface area contributed by atoms with Gasteiger partial charge in [-0.25, -0.2) is 0 Å². The molecule has 4 heteroatoms. The lowest BCUT2D eigenvalue weighted by Gasteiger charge is -2.15. The number of hydrogen-bond acceptors (Lipinski definition) is 4. The van der Waals surface area contributed by atoms with Crippen LogP contribution in [0, 0.1) is 0 Å². The van der Waals surface area contributed by atoms with Crippen molar-refractivity contribution in [2.24, 2.45) is 0 Å². The van der Waals surface area contributed by atoms with Crippen molar-refractivity contribution >= 4 is 5.97 Å². The van der Waals surface area contributed by atoms with Gasteiger partial charge in [-0.1, -0.05) is 102 Å². The van der Waals surface area contributed by atoms with E-state index in [1.165, 1.54) is 83.5 Å². The van der Waals surface area contributed by atoms with Crippen LogP contribution in [0.25, 0.3) is 0 Å². The number of hydrogen-bond donors (Lipinski definition) is 1. The molecule has 0 saturated heterocycles. The summed E-state index contributed by atoms with van der Waals surface area (Å²) in [6.07, 6.45) is 30.0. The highest BCUT2D eigenvalue weighted by atomic mass is 16.6. The molecule has 0 amide bonds. The van der Waals surface area contributed by atoms with E-state index in [2.05, 4.69) is 31.2 Å². The first-order valence-electron chi connectivity index (χ1n) is 13.9. The van der Waals surface area contributed by atoms with Crippen LogP contribution in [-0.4, -0.2) is 37.0 Å². The molecule has 0 aromatic carbocycles. The number of aliphatic hydroxyl groups is 1. The first kappa shape index (κ1) is 31.9. The van der Waals surface area contributed by atoms with Gasteiger partial charge in [0, 0.05) is 13.0 Å². The van der Waals surface area contributed by atoms with Crippen LogP contribution in [0.15, 0.2) is 24.3 Å². The Bertz CT molecular complexity index is 459. The minimum absolute atomic E-state index is 0.177. The number of allylic oxidation sites excluding steroid dienone is 4. The van der Waals surface area contributed by atoms with Gasteiger partial charge in [0.05, 0.1) is 13.2 Å². The summed E-state index contributed by atoms with van der Waals surface area (Å²) in [6.45, 7) is 5.08. The maximum atomic E-state index is 11.6. The van der Waals surface area contributed by atoms with E-state index in [9.17, 15) is 9.90 Å². The Labute approximate surface area is 205 Å². The Morgan fingerprint density at radius 2 is 1.27 bits per heavy atom. The maximum absolute atomic E-state index is 11.6. The molecule has 0 spiro atoms. The first-order chi connectivity index (χ1) is 16.2. The van der Waals surface area contributed by atoms with Gasteiger partial charge in [-0.3, -0.25) is 4.79 Å². The lowest BCUT2D eigenvalue weighted by atomic mass is 10.1. The number of ether oxygens (including phenoxy) is 2. The van der Waals surface area contributed by atoms with E-state index in [1.807, 2.05) is 6.92 Å². The summed E-state index contributed by atoms with van der Waals surface area (Å²) in [4.78, 5) is 11.6. The summed E-state index contributed by atoms with van der Waals surface area (Å²) >= 11 is 0. The number of unbranched alkanes of at least 4 members (excludes halogenated alkanes) is 13. The summed E-state index contributed by atoms with van der Waals surface area (Å²) in [5.41, 5.74) is 0. The third kappa shape index (κ3) is 25.3. The second-order valence-corrected chi connectivity index (χ2v) is 9.12. The van der Waals surface area contributed by atoms with Gasteiger partial charge in [0.1, 0.15) is 6.10 Å². The Morgan fingerprint density at radius 1 is 0.727 bits per heavy atom. The minimum Gasteiger partial charge on any atom is -0.457 e. The number of carbonyl (C=O) groups is 1. The van der Waals surface area contributed by atoms with E-state index in [-0.39, 0.29) is 19.2 Å². The van der Waals surface area contributed by atoms with Crippen molar-refractivity contribution in [1.82, 2.24) is 0 Å². The molecule has 0 radical (unpaired) electrons. The Morgan fingerprint density at radius 3 is 1.85 bits per heavy atom. The smallest absolute Gasteiger partial charge is 0.306 e. The summed E-state index contributed by atoms with van der Waals surface area (Å²) in [5.74, 6) is -0.240. The molecule has 194 valence electrons. The molecule has 1 unspecified atom stereocenters. The number of rotatable bonds is 25. The molecule has 1 N–H and O–H groups in total. The zero-order chi connectivity index (χ0) is 24.2.